The molecule has 0 aromatic carbocycles. The first kappa shape index (κ1) is 19.4. The molecule has 1 saturated carbocycles. The van der Waals surface area contributed by atoms with Crippen LogP contribution in [0.25, 0.3) is 0 Å². The van der Waals surface area contributed by atoms with E-state index in [1.165, 1.54) is 24.2 Å². The van der Waals surface area contributed by atoms with Crippen molar-refractivity contribution in [3.8, 4) is 0 Å². The van der Waals surface area contributed by atoms with Crippen molar-refractivity contribution in [2.75, 3.05) is 13.1 Å². The number of nitrogens with one attached hydrogen (secondary N) is 1. The summed E-state index contributed by atoms with van der Waals surface area (Å²) in [4.78, 5) is 14.9. The maximum atomic E-state index is 12.3. The fourth-order valence-corrected chi connectivity index (χ4v) is 5.59. The van der Waals surface area contributed by atoms with E-state index in [9.17, 15) is 13.2 Å². The van der Waals surface area contributed by atoms with Crippen LogP contribution in [0.15, 0.2) is 16.3 Å². The Kier molecular flexibility index (Phi) is 7.25. The molecule has 5 nitrogen and oxygen atoms in total. The summed E-state index contributed by atoms with van der Waals surface area (Å²) >= 11 is 1.30. The van der Waals surface area contributed by atoms with E-state index < -0.39 is 10.0 Å². The van der Waals surface area contributed by atoms with E-state index in [0.717, 1.165) is 37.0 Å². The van der Waals surface area contributed by atoms with Crippen LogP contribution in [-0.2, 0) is 21.2 Å². The lowest BCUT2D eigenvalue weighted by Gasteiger charge is -2.30. The average Bonchev–Trinajstić information content (AvgIpc) is 2.88. The third-order valence-corrected chi connectivity index (χ3v) is 7.75. The highest BCUT2D eigenvalue weighted by Gasteiger charge is 2.23. The van der Waals surface area contributed by atoms with Gasteiger partial charge in [-0.1, -0.05) is 32.6 Å². The van der Waals surface area contributed by atoms with Crippen LogP contribution in [0.3, 0.4) is 0 Å². The van der Waals surface area contributed by atoms with Crippen LogP contribution in [0.1, 0.15) is 57.2 Å². The van der Waals surface area contributed by atoms with Crippen LogP contribution in [0.2, 0.25) is 0 Å². The van der Waals surface area contributed by atoms with Gasteiger partial charge < -0.3 is 4.90 Å². The molecule has 24 heavy (non-hydrogen) atoms. The SMILES string of the molecule is CCc1ccc(S(=O)(=O)NCCN(C(C)=O)C2CCCCCC2)s1. The van der Waals surface area contributed by atoms with E-state index in [1.807, 2.05) is 17.9 Å². The fourth-order valence-electron chi connectivity index (χ4n) is 3.23. The van der Waals surface area contributed by atoms with E-state index in [4.69, 9.17) is 0 Å². The van der Waals surface area contributed by atoms with Crippen LogP contribution < -0.4 is 4.72 Å². The molecule has 1 aromatic heterocycles. The molecule has 136 valence electrons. The van der Waals surface area contributed by atoms with Crippen molar-refractivity contribution < 1.29 is 13.2 Å². The average molecular weight is 373 g/mol. The van der Waals surface area contributed by atoms with Gasteiger partial charge in [0.1, 0.15) is 4.21 Å². The van der Waals surface area contributed by atoms with Crippen molar-refractivity contribution in [3.05, 3.63) is 17.0 Å². The molecule has 0 radical (unpaired) electrons. The molecule has 2 rings (SSSR count). The topological polar surface area (TPSA) is 66.5 Å². The van der Waals surface area contributed by atoms with Gasteiger partial charge in [-0.25, -0.2) is 13.1 Å². The summed E-state index contributed by atoms with van der Waals surface area (Å²) < 4.78 is 27.7. The second-order valence-electron chi connectivity index (χ2n) is 6.33. The van der Waals surface area contributed by atoms with Crippen LogP contribution in [0, 0.1) is 0 Å². The smallest absolute Gasteiger partial charge is 0.250 e. The van der Waals surface area contributed by atoms with Gasteiger partial charge in [-0.15, -0.1) is 11.3 Å². The van der Waals surface area contributed by atoms with Crippen LogP contribution in [0.4, 0.5) is 0 Å². The minimum atomic E-state index is -3.48. The molecule has 0 aliphatic heterocycles. The first-order chi connectivity index (χ1) is 11.4. The summed E-state index contributed by atoms with van der Waals surface area (Å²) in [6.07, 6.45) is 7.64. The van der Waals surface area contributed by atoms with Gasteiger partial charge in [-0.3, -0.25) is 4.79 Å². The number of carbonyl (C=O) groups is 1. The molecular formula is C17H28N2O3S2. The van der Waals surface area contributed by atoms with E-state index >= 15 is 0 Å². The van der Waals surface area contributed by atoms with Gasteiger partial charge in [0.15, 0.2) is 0 Å². The van der Waals surface area contributed by atoms with Gasteiger partial charge in [0, 0.05) is 30.9 Å². The van der Waals surface area contributed by atoms with Crippen molar-refractivity contribution in [1.29, 1.82) is 0 Å². The Morgan fingerprint density at radius 2 is 1.92 bits per heavy atom. The number of nitrogens with zero attached hydrogens (tertiary/aromatic N) is 1. The van der Waals surface area contributed by atoms with Crippen LogP contribution in [0.5, 0.6) is 0 Å². The first-order valence-corrected chi connectivity index (χ1v) is 11.1. The predicted octanol–water partition coefficient (Wildman–Crippen LogP) is 3.16. The van der Waals surface area contributed by atoms with Crippen molar-refractivity contribution >= 4 is 27.3 Å². The summed E-state index contributed by atoms with van der Waals surface area (Å²) in [5.41, 5.74) is 0. The maximum absolute atomic E-state index is 12.3. The van der Waals surface area contributed by atoms with Crippen molar-refractivity contribution in [2.45, 2.75) is 69.0 Å². The zero-order chi connectivity index (χ0) is 17.6. The highest BCUT2D eigenvalue weighted by Crippen LogP contribution is 2.23. The minimum Gasteiger partial charge on any atom is -0.339 e. The van der Waals surface area contributed by atoms with Gasteiger partial charge in [-0.2, -0.15) is 0 Å². The molecule has 0 atom stereocenters. The van der Waals surface area contributed by atoms with Gasteiger partial charge in [0.25, 0.3) is 0 Å². The zero-order valence-corrected chi connectivity index (χ0v) is 16.2. The highest BCUT2D eigenvalue weighted by molar-refractivity contribution is 7.91. The number of sulfonamides is 1. The second-order valence-corrected chi connectivity index (χ2v) is 9.49. The third kappa shape index (κ3) is 5.29. The molecule has 1 aliphatic rings. The Morgan fingerprint density at radius 1 is 1.25 bits per heavy atom. The van der Waals surface area contributed by atoms with Gasteiger partial charge >= 0.3 is 0 Å². The lowest BCUT2D eigenvalue weighted by atomic mass is 10.1. The molecule has 1 fully saturated rings. The molecule has 0 bridgehead atoms. The van der Waals surface area contributed by atoms with Gasteiger partial charge in [0.05, 0.1) is 0 Å². The lowest BCUT2D eigenvalue weighted by Crippen LogP contribution is -2.43. The Morgan fingerprint density at radius 3 is 2.46 bits per heavy atom. The van der Waals surface area contributed by atoms with E-state index in [0.29, 0.717) is 10.8 Å². The Hall–Kier alpha value is -0.920. The number of aryl methyl sites for hydroxylation is 1. The number of amides is 1. The molecule has 1 amide bonds. The number of hydrogen-bond donors (Lipinski definition) is 1. The molecule has 1 aliphatic carbocycles. The quantitative estimate of drug-likeness (QED) is 0.748. The molecule has 1 N–H and O–H groups in total. The standard InChI is InChI=1S/C17H28N2O3S2/c1-3-16-10-11-17(23-16)24(21,22)18-12-13-19(14(2)20)15-8-6-4-5-7-9-15/h10-11,15,18H,3-9,12-13H2,1-2H3. The normalized spacial score (nSPS) is 16.8. The van der Waals surface area contributed by atoms with Gasteiger partial charge in [0.2, 0.25) is 15.9 Å². The third-order valence-electron chi connectivity index (χ3n) is 4.57. The molecule has 7 heteroatoms. The lowest BCUT2D eigenvalue weighted by molar-refractivity contribution is -0.131. The summed E-state index contributed by atoms with van der Waals surface area (Å²) in [6.45, 7) is 4.28. The summed E-state index contributed by atoms with van der Waals surface area (Å²) in [6, 6.07) is 3.76. The zero-order valence-electron chi connectivity index (χ0n) is 14.6. The summed E-state index contributed by atoms with van der Waals surface area (Å²) in [5.74, 6) is 0.0329. The molecule has 0 spiro atoms. The Bertz CT molecular complexity index is 632. The Labute approximate surface area is 149 Å². The number of hydrogen-bond acceptors (Lipinski definition) is 4. The number of rotatable bonds is 7. The Balaban J connectivity index is 1.93. The number of carbonyl (C=O) groups excluding carboxylic acids is 1. The number of thiophene rings is 1. The van der Waals surface area contributed by atoms with Crippen LogP contribution in [-0.4, -0.2) is 38.4 Å². The predicted molar refractivity (Wildman–Crippen MR) is 97.8 cm³/mol. The van der Waals surface area contributed by atoms with E-state index in [1.54, 1.807) is 13.0 Å². The molecular weight excluding hydrogens is 344 g/mol. The summed E-state index contributed by atoms with van der Waals surface area (Å²) in [5, 5.41) is 0. The van der Waals surface area contributed by atoms with E-state index in [-0.39, 0.29) is 18.5 Å². The summed E-state index contributed by atoms with van der Waals surface area (Å²) in [7, 11) is -3.48. The van der Waals surface area contributed by atoms with Gasteiger partial charge in [-0.05, 0) is 31.4 Å². The van der Waals surface area contributed by atoms with Crippen molar-refractivity contribution in [3.63, 3.8) is 0 Å². The maximum Gasteiger partial charge on any atom is 0.250 e. The first-order valence-electron chi connectivity index (χ1n) is 8.79. The monoisotopic (exact) mass is 372 g/mol. The molecule has 0 saturated heterocycles. The molecule has 1 heterocycles. The minimum absolute atomic E-state index is 0.0329. The van der Waals surface area contributed by atoms with E-state index in [2.05, 4.69) is 4.72 Å². The largest absolute Gasteiger partial charge is 0.339 e. The fraction of sp³-hybridized carbons (Fsp3) is 0.706. The second kappa shape index (κ2) is 8.97. The van der Waals surface area contributed by atoms with Crippen molar-refractivity contribution in [1.82, 2.24) is 9.62 Å². The molecule has 0 unspecified atom stereocenters. The molecule has 1 aromatic rings. The van der Waals surface area contributed by atoms with Crippen molar-refractivity contribution in [2.24, 2.45) is 0 Å². The highest BCUT2D eigenvalue weighted by atomic mass is 32.2. The van der Waals surface area contributed by atoms with Crippen LogP contribution >= 0.6 is 11.3 Å².